The molecule has 5 nitrogen and oxygen atoms in total. The van der Waals surface area contributed by atoms with Crippen LogP contribution in [0, 0.1) is 0 Å². The molecule has 0 radical (unpaired) electrons. The van der Waals surface area contributed by atoms with Crippen LogP contribution in [-0.4, -0.2) is 32.3 Å². The maximum absolute atomic E-state index is 13.1. The first kappa shape index (κ1) is 17.6. The first-order valence-electron chi connectivity index (χ1n) is 8.40. The van der Waals surface area contributed by atoms with Gasteiger partial charge in [0.15, 0.2) is 0 Å². The Labute approximate surface area is 161 Å². The van der Waals surface area contributed by atoms with Crippen molar-refractivity contribution in [3.8, 4) is 5.75 Å². The van der Waals surface area contributed by atoms with Crippen LogP contribution in [0.15, 0.2) is 42.5 Å². The van der Waals surface area contributed by atoms with Gasteiger partial charge in [0.25, 0.3) is 11.7 Å². The summed E-state index contributed by atoms with van der Waals surface area (Å²) in [6, 6.07) is 12.9. The molecule has 2 aliphatic rings. The van der Waals surface area contributed by atoms with Crippen LogP contribution in [0.25, 0.3) is 0 Å². The zero-order valence-corrected chi connectivity index (χ0v) is 15.4. The van der Waals surface area contributed by atoms with Crippen LogP contribution in [-0.2, 0) is 20.1 Å². The fourth-order valence-corrected chi connectivity index (χ4v) is 3.86. The van der Waals surface area contributed by atoms with E-state index in [2.05, 4.69) is 0 Å². The number of benzene rings is 2. The van der Waals surface area contributed by atoms with E-state index in [9.17, 15) is 4.79 Å². The van der Waals surface area contributed by atoms with Gasteiger partial charge in [-0.05, 0) is 30.7 Å². The number of hydrogen-bond donors (Lipinski definition) is 0. The van der Waals surface area contributed by atoms with Crippen molar-refractivity contribution in [2.75, 3.05) is 31.3 Å². The van der Waals surface area contributed by atoms with Gasteiger partial charge in [-0.3, -0.25) is 4.79 Å². The fourth-order valence-electron chi connectivity index (χ4n) is 3.33. The highest BCUT2D eigenvalue weighted by Crippen LogP contribution is 2.51. The van der Waals surface area contributed by atoms with E-state index >= 15 is 0 Å². The molecule has 2 aliphatic heterocycles. The number of carbonyl (C=O) groups excluding carboxylic acids is 1. The summed E-state index contributed by atoms with van der Waals surface area (Å²) in [4.78, 5) is 14.7. The molecule has 0 aromatic heterocycles. The molecule has 2 heterocycles. The number of carbonyl (C=O) groups is 1. The fraction of sp³-hybridized carbons (Fsp3) is 0.316. The average molecular weight is 394 g/mol. The van der Waals surface area contributed by atoms with E-state index in [0.717, 1.165) is 5.75 Å². The molecule has 0 saturated carbocycles. The lowest BCUT2D eigenvalue weighted by Gasteiger charge is -2.22. The minimum Gasteiger partial charge on any atom is -0.494 e. The van der Waals surface area contributed by atoms with Crippen LogP contribution in [0.5, 0.6) is 5.75 Å². The van der Waals surface area contributed by atoms with Crippen molar-refractivity contribution in [1.82, 2.24) is 0 Å². The van der Waals surface area contributed by atoms with Gasteiger partial charge >= 0.3 is 0 Å². The number of amides is 1. The van der Waals surface area contributed by atoms with Crippen LogP contribution in [0.2, 0.25) is 10.0 Å². The van der Waals surface area contributed by atoms with Gasteiger partial charge in [-0.2, -0.15) is 0 Å². The van der Waals surface area contributed by atoms with Gasteiger partial charge in [-0.25, -0.2) is 0 Å². The molecule has 26 heavy (non-hydrogen) atoms. The van der Waals surface area contributed by atoms with Crippen molar-refractivity contribution in [2.24, 2.45) is 0 Å². The summed E-state index contributed by atoms with van der Waals surface area (Å²) in [5.74, 6) is -0.974. The second kappa shape index (κ2) is 7.08. The highest BCUT2D eigenvalue weighted by Gasteiger charge is 2.57. The summed E-state index contributed by atoms with van der Waals surface area (Å²) in [7, 11) is 0. The number of fused-ring (bicyclic) bond motifs is 2. The third-order valence-corrected chi connectivity index (χ3v) is 5.06. The largest absolute Gasteiger partial charge is 0.494 e. The maximum Gasteiger partial charge on any atom is 0.292 e. The molecular formula is C19H17Cl2NO4. The number of anilines is 1. The number of nitrogens with zero attached hydrogens (tertiary/aromatic N) is 1. The number of halogens is 2. The van der Waals surface area contributed by atoms with E-state index in [4.69, 9.17) is 37.4 Å². The van der Waals surface area contributed by atoms with Gasteiger partial charge in [-0.1, -0.05) is 41.4 Å². The molecule has 7 heteroatoms. The molecule has 0 N–H and O–H groups in total. The van der Waals surface area contributed by atoms with Crippen molar-refractivity contribution in [2.45, 2.75) is 12.2 Å². The molecular weight excluding hydrogens is 377 g/mol. The third-order valence-electron chi connectivity index (χ3n) is 4.44. The monoisotopic (exact) mass is 393 g/mol. The zero-order chi connectivity index (χ0) is 18.1. The highest BCUT2D eigenvalue weighted by molar-refractivity contribution is 6.38. The second-order valence-electron chi connectivity index (χ2n) is 6.04. The van der Waals surface area contributed by atoms with Crippen molar-refractivity contribution in [1.29, 1.82) is 0 Å². The average Bonchev–Trinajstić information content (AvgIpc) is 3.23. The standard InChI is InChI=1S/C19H17Cl2NO4/c20-14-7-8-15(21)17-16(14)19(25-11-12-26-19)18(23)22(17)9-4-10-24-13-5-2-1-3-6-13/h1-3,5-8H,4,9-12H2. The van der Waals surface area contributed by atoms with Crippen LogP contribution < -0.4 is 9.64 Å². The molecule has 1 fully saturated rings. The Hall–Kier alpha value is -1.79. The molecule has 0 aliphatic carbocycles. The minimum atomic E-state index is -1.47. The van der Waals surface area contributed by atoms with Gasteiger partial charge < -0.3 is 19.1 Å². The molecule has 1 spiro atoms. The van der Waals surface area contributed by atoms with Crippen molar-refractivity contribution < 1.29 is 19.0 Å². The van der Waals surface area contributed by atoms with E-state index in [1.165, 1.54) is 0 Å². The predicted octanol–water partition coefficient (Wildman–Crippen LogP) is 4.01. The Morgan fingerprint density at radius 1 is 1.04 bits per heavy atom. The molecule has 1 amide bonds. The molecule has 2 aromatic carbocycles. The summed E-state index contributed by atoms with van der Waals surface area (Å²) < 4.78 is 17.1. The van der Waals surface area contributed by atoms with E-state index in [1.807, 2.05) is 30.3 Å². The first-order chi connectivity index (χ1) is 12.6. The van der Waals surface area contributed by atoms with Crippen LogP contribution in [0.1, 0.15) is 12.0 Å². The summed E-state index contributed by atoms with van der Waals surface area (Å²) in [6.07, 6.45) is 0.624. The van der Waals surface area contributed by atoms with Gasteiger partial charge in [0, 0.05) is 6.54 Å². The Kier molecular flexibility index (Phi) is 4.80. The quantitative estimate of drug-likeness (QED) is 0.720. The van der Waals surface area contributed by atoms with Gasteiger partial charge in [0.2, 0.25) is 0 Å². The van der Waals surface area contributed by atoms with Gasteiger partial charge in [-0.15, -0.1) is 0 Å². The lowest BCUT2D eigenvalue weighted by Crippen LogP contribution is -2.42. The number of hydrogen-bond acceptors (Lipinski definition) is 4. The van der Waals surface area contributed by atoms with E-state index < -0.39 is 5.79 Å². The van der Waals surface area contributed by atoms with E-state index in [1.54, 1.807) is 17.0 Å². The summed E-state index contributed by atoms with van der Waals surface area (Å²) >= 11 is 12.7. The third kappa shape index (κ3) is 2.85. The zero-order valence-electron chi connectivity index (χ0n) is 13.9. The highest BCUT2D eigenvalue weighted by atomic mass is 35.5. The van der Waals surface area contributed by atoms with Gasteiger partial charge in [0.05, 0.1) is 41.1 Å². The van der Waals surface area contributed by atoms with Crippen LogP contribution in [0.3, 0.4) is 0 Å². The molecule has 1 saturated heterocycles. The maximum atomic E-state index is 13.1. The molecule has 2 aromatic rings. The number of rotatable bonds is 5. The van der Waals surface area contributed by atoms with Crippen molar-refractivity contribution in [3.63, 3.8) is 0 Å². The van der Waals surface area contributed by atoms with Crippen LogP contribution >= 0.6 is 23.2 Å². The molecule has 0 bridgehead atoms. The Morgan fingerprint density at radius 3 is 2.46 bits per heavy atom. The summed E-state index contributed by atoms with van der Waals surface area (Å²) in [5, 5.41) is 0.848. The lowest BCUT2D eigenvalue weighted by molar-refractivity contribution is -0.180. The molecule has 0 unspecified atom stereocenters. The minimum absolute atomic E-state index is 0.292. The van der Waals surface area contributed by atoms with E-state index in [-0.39, 0.29) is 5.91 Å². The van der Waals surface area contributed by atoms with Crippen molar-refractivity contribution >= 4 is 34.8 Å². The Bertz CT molecular complexity index is 822. The number of ether oxygens (including phenoxy) is 3. The first-order valence-corrected chi connectivity index (χ1v) is 9.15. The summed E-state index contributed by atoms with van der Waals surface area (Å²) in [5.41, 5.74) is 1.06. The summed E-state index contributed by atoms with van der Waals surface area (Å²) in [6.45, 7) is 1.56. The van der Waals surface area contributed by atoms with E-state index in [0.29, 0.717) is 54.1 Å². The SMILES string of the molecule is O=C1N(CCCOc2ccccc2)c2c(Cl)ccc(Cl)c2C12OCCO2. The second-order valence-corrected chi connectivity index (χ2v) is 6.85. The normalized spacial score (nSPS) is 17.8. The Balaban J connectivity index is 1.54. The molecule has 4 rings (SSSR count). The molecule has 0 atom stereocenters. The molecule has 136 valence electrons. The smallest absolute Gasteiger partial charge is 0.292 e. The Morgan fingerprint density at radius 2 is 1.73 bits per heavy atom. The number of para-hydroxylation sites is 1. The van der Waals surface area contributed by atoms with Crippen LogP contribution in [0.4, 0.5) is 5.69 Å². The predicted molar refractivity (Wildman–Crippen MR) is 99.0 cm³/mol. The van der Waals surface area contributed by atoms with Gasteiger partial charge in [0.1, 0.15) is 5.75 Å². The topological polar surface area (TPSA) is 48.0 Å². The lowest BCUT2D eigenvalue weighted by atomic mass is 10.1. The van der Waals surface area contributed by atoms with Crippen molar-refractivity contribution in [3.05, 3.63) is 58.1 Å².